The van der Waals surface area contributed by atoms with E-state index in [-0.39, 0.29) is 23.8 Å². The Morgan fingerprint density at radius 3 is 2.75 bits per heavy atom. The van der Waals surface area contributed by atoms with Gasteiger partial charge in [0.25, 0.3) is 5.91 Å². The lowest BCUT2D eigenvalue weighted by molar-refractivity contribution is 0.0902. The number of nitrogens with one attached hydrogen (secondary N) is 3. The molecule has 2 atom stereocenters. The molecule has 1 saturated heterocycles. The minimum atomic E-state index is -0.280. The number of carbonyl (C=O) groups excluding carboxylic acids is 1. The average Bonchev–Trinajstić information content (AvgIpc) is 2.84. The molecular formula is C15H18FN3O. The van der Waals surface area contributed by atoms with Crippen molar-refractivity contribution in [3.05, 3.63) is 34.8 Å². The maximum atomic E-state index is 14.2. The molecule has 1 aromatic heterocycles. The minimum absolute atomic E-state index is 0.141. The number of halogens is 1. The van der Waals surface area contributed by atoms with Crippen LogP contribution in [0.25, 0.3) is 10.9 Å². The highest BCUT2D eigenvalue weighted by Crippen LogP contribution is 2.24. The summed E-state index contributed by atoms with van der Waals surface area (Å²) in [7, 11) is 0. The van der Waals surface area contributed by atoms with Crippen molar-refractivity contribution in [2.24, 2.45) is 0 Å². The zero-order valence-corrected chi connectivity index (χ0v) is 11.8. The molecule has 1 aromatic carbocycles. The van der Waals surface area contributed by atoms with Crippen LogP contribution < -0.4 is 10.6 Å². The average molecular weight is 275 g/mol. The highest BCUT2D eigenvalue weighted by Gasteiger charge is 2.28. The maximum absolute atomic E-state index is 14.2. The molecule has 106 valence electrons. The van der Waals surface area contributed by atoms with Gasteiger partial charge in [-0.05, 0) is 44.0 Å². The summed E-state index contributed by atoms with van der Waals surface area (Å²) in [5, 5.41) is 6.85. The van der Waals surface area contributed by atoms with Crippen LogP contribution in [0.4, 0.5) is 4.39 Å². The quantitative estimate of drug-likeness (QED) is 0.785. The molecule has 0 unspecified atom stereocenters. The predicted molar refractivity (Wildman–Crippen MR) is 76.4 cm³/mol. The Morgan fingerprint density at radius 2 is 2.15 bits per heavy atom. The van der Waals surface area contributed by atoms with Crippen LogP contribution >= 0.6 is 0 Å². The maximum Gasteiger partial charge on any atom is 0.268 e. The Balaban J connectivity index is 1.92. The standard InChI is InChI=1S/C15H18FN3O/c1-7-4-10-5-11(18-14(10)13(16)8(7)2)15(20)19-12-6-17-9(12)3/h4-5,9,12,17-18H,6H2,1-3H3,(H,19,20)/t9-,12-/m1/s1. The van der Waals surface area contributed by atoms with E-state index < -0.39 is 0 Å². The third-order valence-corrected chi connectivity index (χ3v) is 4.18. The number of benzene rings is 1. The monoisotopic (exact) mass is 275 g/mol. The first kappa shape index (κ1) is 13.1. The van der Waals surface area contributed by atoms with Crippen molar-refractivity contribution in [1.29, 1.82) is 0 Å². The van der Waals surface area contributed by atoms with Crippen LogP contribution in [0, 0.1) is 19.7 Å². The fourth-order valence-corrected chi connectivity index (χ4v) is 2.48. The van der Waals surface area contributed by atoms with Gasteiger partial charge in [-0.2, -0.15) is 0 Å². The highest BCUT2D eigenvalue weighted by atomic mass is 19.1. The summed E-state index contributed by atoms with van der Waals surface area (Å²) in [6.45, 7) is 6.41. The number of hydrogen-bond acceptors (Lipinski definition) is 2. The molecule has 2 aromatic rings. The van der Waals surface area contributed by atoms with Crippen LogP contribution in [0.1, 0.15) is 28.5 Å². The van der Waals surface area contributed by atoms with Gasteiger partial charge in [0.15, 0.2) is 0 Å². The van der Waals surface area contributed by atoms with Crippen molar-refractivity contribution in [3.63, 3.8) is 0 Å². The number of hydrogen-bond donors (Lipinski definition) is 3. The molecule has 2 heterocycles. The molecule has 5 heteroatoms. The zero-order valence-electron chi connectivity index (χ0n) is 11.8. The summed E-state index contributed by atoms with van der Waals surface area (Å²) in [4.78, 5) is 15.0. The summed E-state index contributed by atoms with van der Waals surface area (Å²) in [5.74, 6) is -0.466. The van der Waals surface area contributed by atoms with E-state index in [4.69, 9.17) is 0 Å². The van der Waals surface area contributed by atoms with Crippen molar-refractivity contribution in [3.8, 4) is 0 Å². The molecule has 1 fully saturated rings. The molecule has 0 spiro atoms. The minimum Gasteiger partial charge on any atom is -0.348 e. The summed E-state index contributed by atoms with van der Waals surface area (Å²) in [6.07, 6.45) is 0. The van der Waals surface area contributed by atoms with Crippen molar-refractivity contribution in [2.45, 2.75) is 32.9 Å². The molecule has 4 nitrogen and oxygen atoms in total. The van der Waals surface area contributed by atoms with Gasteiger partial charge in [0, 0.05) is 18.0 Å². The van der Waals surface area contributed by atoms with Gasteiger partial charge in [-0.1, -0.05) is 0 Å². The second-order valence-electron chi connectivity index (χ2n) is 5.56. The van der Waals surface area contributed by atoms with Crippen LogP contribution in [0.15, 0.2) is 12.1 Å². The Kier molecular flexibility index (Phi) is 3.01. The fourth-order valence-electron chi connectivity index (χ4n) is 2.48. The second-order valence-corrected chi connectivity index (χ2v) is 5.56. The van der Waals surface area contributed by atoms with Crippen molar-refractivity contribution in [1.82, 2.24) is 15.6 Å². The first-order valence-electron chi connectivity index (χ1n) is 6.80. The molecule has 0 aliphatic carbocycles. The lowest BCUT2D eigenvalue weighted by atomic mass is 10.0. The number of aryl methyl sites for hydroxylation is 1. The van der Waals surface area contributed by atoms with E-state index in [0.29, 0.717) is 16.8 Å². The van der Waals surface area contributed by atoms with Gasteiger partial charge in [0.1, 0.15) is 11.5 Å². The van der Waals surface area contributed by atoms with Crippen LogP contribution in [0.2, 0.25) is 0 Å². The van der Waals surface area contributed by atoms with Gasteiger partial charge in [-0.25, -0.2) is 4.39 Å². The Morgan fingerprint density at radius 1 is 1.40 bits per heavy atom. The third-order valence-electron chi connectivity index (χ3n) is 4.18. The van der Waals surface area contributed by atoms with E-state index in [1.54, 1.807) is 13.0 Å². The first-order chi connectivity index (χ1) is 9.47. The lowest BCUT2D eigenvalue weighted by Crippen LogP contribution is -2.63. The molecule has 1 aliphatic heterocycles. The van der Waals surface area contributed by atoms with E-state index >= 15 is 0 Å². The van der Waals surface area contributed by atoms with E-state index in [0.717, 1.165) is 17.5 Å². The molecule has 0 bridgehead atoms. The summed E-state index contributed by atoms with van der Waals surface area (Å²) >= 11 is 0. The second kappa shape index (κ2) is 4.59. The Labute approximate surface area is 116 Å². The number of H-pyrrole nitrogens is 1. The van der Waals surface area contributed by atoms with Gasteiger partial charge in [0.05, 0.1) is 11.6 Å². The van der Waals surface area contributed by atoms with Crippen LogP contribution in [0.3, 0.4) is 0 Å². The molecule has 20 heavy (non-hydrogen) atoms. The van der Waals surface area contributed by atoms with Crippen LogP contribution in [-0.4, -0.2) is 29.5 Å². The highest BCUT2D eigenvalue weighted by molar-refractivity contribution is 5.98. The Bertz CT molecular complexity index is 692. The summed E-state index contributed by atoms with van der Waals surface area (Å²) in [6, 6.07) is 4.03. The Hall–Kier alpha value is -1.88. The molecule has 0 saturated carbocycles. The number of aromatic nitrogens is 1. The zero-order chi connectivity index (χ0) is 14.4. The molecule has 1 aliphatic rings. The summed E-state index contributed by atoms with van der Waals surface area (Å²) < 4.78 is 14.2. The topological polar surface area (TPSA) is 56.9 Å². The van der Waals surface area contributed by atoms with Crippen molar-refractivity contribution < 1.29 is 9.18 Å². The first-order valence-corrected chi connectivity index (χ1v) is 6.80. The van der Waals surface area contributed by atoms with E-state index in [9.17, 15) is 9.18 Å². The number of carbonyl (C=O) groups is 1. The van der Waals surface area contributed by atoms with E-state index in [1.807, 2.05) is 19.9 Å². The fraction of sp³-hybridized carbons (Fsp3) is 0.400. The molecule has 1 amide bonds. The van der Waals surface area contributed by atoms with Crippen LogP contribution in [-0.2, 0) is 0 Å². The van der Waals surface area contributed by atoms with Gasteiger partial charge < -0.3 is 15.6 Å². The van der Waals surface area contributed by atoms with E-state index in [1.165, 1.54) is 0 Å². The van der Waals surface area contributed by atoms with Crippen molar-refractivity contribution >= 4 is 16.8 Å². The number of amides is 1. The number of rotatable bonds is 2. The normalized spacial score (nSPS) is 21.8. The molecule has 3 N–H and O–H groups in total. The number of aromatic amines is 1. The smallest absolute Gasteiger partial charge is 0.268 e. The van der Waals surface area contributed by atoms with Gasteiger partial charge in [0.2, 0.25) is 0 Å². The SMILES string of the molecule is Cc1cc2cc(C(=O)N[C@@H]3CN[C@@H]3C)[nH]c2c(F)c1C. The van der Waals surface area contributed by atoms with Gasteiger partial charge >= 0.3 is 0 Å². The molecule has 0 radical (unpaired) electrons. The van der Waals surface area contributed by atoms with Crippen molar-refractivity contribution in [2.75, 3.05) is 6.54 Å². The van der Waals surface area contributed by atoms with Gasteiger partial charge in [-0.15, -0.1) is 0 Å². The van der Waals surface area contributed by atoms with E-state index in [2.05, 4.69) is 15.6 Å². The predicted octanol–water partition coefficient (Wildman–Crippen LogP) is 2.01. The lowest BCUT2D eigenvalue weighted by Gasteiger charge is -2.35. The molecule has 3 rings (SSSR count). The van der Waals surface area contributed by atoms with Crippen LogP contribution in [0.5, 0.6) is 0 Å². The van der Waals surface area contributed by atoms with Gasteiger partial charge in [-0.3, -0.25) is 4.79 Å². The third kappa shape index (κ3) is 1.98. The number of fused-ring (bicyclic) bond motifs is 1. The summed E-state index contributed by atoms with van der Waals surface area (Å²) in [5.41, 5.74) is 2.31. The molecular weight excluding hydrogens is 257 g/mol. The largest absolute Gasteiger partial charge is 0.348 e.